The third-order valence-electron chi connectivity index (χ3n) is 4.27. The normalized spacial score (nSPS) is 22.2. The van der Waals surface area contributed by atoms with Gasteiger partial charge in [0, 0.05) is 29.7 Å². The second kappa shape index (κ2) is 5.67. The molecule has 106 valence electrons. The molecule has 4 nitrogen and oxygen atoms in total. The van der Waals surface area contributed by atoms with E-state index < -0.39 is 0 Å². The molecule has 1 amide bonds. The summed E-state index contributed by atoms with van der Waals surface area (Å²) in [4.78, 5) is 15.3. The minimum Gasteiger partial charge on any atom is -0.361 e. The molecule has 0 spiro atoms. The van der Waals surface area contributed by atoms with Gasteiger partial charge in [-0.3, -0.25) is 4.79 Å². The molecule has 1 saturated carbocycles. The fraction of sp³-hybridized carbons (Fsp3) is 0.438. The molecule has 2 atom stereocenters. The molecular weight excluding hydrogens is 250 g/mol. The largest absolute Gasteiger partial charge is 0.361 e. The smallest absolute Gasteiger partial charge is 0.224 e. The number of carbonyl (C=O) groups is 1. The minimum atomic E-state index is 0.0120. The average Bonchev–Trinajstić information content (AvgIpc) is 3.05. The highest BCUT2D eigenvalue weighted by Gasteiger charge is 2.29. The van der Waals surface area contributed by atoms with Crippen molar-refractivity contribution in [1.29, 1.82) is 0 Å². The molecule has 0 radical (unpaired) electrons. The number of carbonyl (C=O) groups excluding carboxylic acids is 1. The number of H-pyrrole nitrogens is 1. The summed E-state index contributed by atoms with van der Waals surface area (Å²) in [6.45, 7) is 0.671. The Morgan fingerprint density at radius 1 is 1.35 bits per heavy atom. The molecule has 4 N–H and O–H groups in total. The van der Waals surface area contributed by atoms with Gasteiger partial charge in [0.25, 0.3) is 0 Å². The number of nitrogens with one attached hydrogen (secondary N) is 2. The summed E-state index contributed by atoms with van der Waals surface area (Å²) in [7, 11) is 0. The molecule has 0 aliphatic heterocycles. The first-order chi connectivity index (χ1) is 9.75. The van der Waals surface area contributed by atoms with Crippen molar-refractivity contribution >= 4 is 16.8 Å². The van der Waals surface area contributed by atoms with Crippen molar-refractivity contribution in [2.45, 2.75) is 31.7 Å². The molecule has 1 heterocycles. The van der Waals surface area contributed by atoms with Crippen molar-refractivity contribution in [3.05, 3.63) is 36.0 Å². The summed E-state index contributed by atoms with van der Waals surface area (Å²) in [5.41, 5.74) is 8.35. The van der Waals surface area contributed by atoms with Crippen LogP contribution >= 0.6 is 0 Å². The van der Waals surface area contributed by atoms with Gasteiger partial charge in [-0.15, -0.1) is 0 Å². The molecule has 0 saturated heterocycles. The fourth-order valence-electron chi connectivity index (χ4n) is 3.10. The molecule has 4 heteroatoms. The lowest BCUT2D eigenvalue weighted by atomic mass is 10.0. The quantitative estimate of drug-likeness (QED) is 0.795. The SMILES string of the molecule is NC1CCCC1C(=O)NCCc1c[nH]c2ccccc12. The number of aromatic nitrogens is 1. The molecule has 3 rings (SSSR count). The minimum absolute atomic E-state index is 0.0120. The fourth-order valence-corrected chi connectivity index (χ4v) is 3.10. The lowest BCUT2D eigenvalue weighted by Crippen LogP contribution is -2.39. The molecule has 2 aromatic rings. The zero-order valence-corrected chi connectivity index (χ0v) is 11.6. The Kier molecular flexibility index (Phi) is 3.74. The van der Waals surface area contributed by atoms with Gasteiger partial charge < -0.3 is 16.0 Å². The van der Waals surface area contributed by atoms with Gasteiger partial charge in [0.15, 0.2) is 0 Å². The van der Waals surface area contributed by atoms with E-state index >= 15 is 0 Å². The van der Waals surface area contributed by atoms with Crippen LogP contribution in [0, 0.1) is 5.92 Å². The monoisotopic (exact) mass is 271 g/mol. The van der Waals surface area contributed by atoms with Crippen LogP contribution in [0.4, 0.5) is 0 Å². The predicted octanol–water partition coefficient (Wildman–Crippen LogP) is 1.95. The number of nitrogens with two attached hydrogens (primary N) is 1. The van der Waals surface area contributed by atoms with Gasteiger partial charge in [0.1, 0.15) is 0 Å². The van der Waals surface area contributed by atoms with Gasteiger partial charge in [0.2, 0.25) is 5.91 Å². The van der Waals surface area contributed by atoms with E-state index in [4.69, 9.17) is 5.73 Å². The Hall–Kier alpha value is -1.81. The maximum absolute atomic E-state index is 12.0. The molecule has 1 aliphatic carbocycles. The molecule has 20 heavy (non-hydrogen) atoms. The van der Waals surface area contributed by atoms with E-state index in [-0.39, 0.29) is 17.9 Å². The van der Waals surface area contributed by atoms with Crippen LogP contribution in [0.3, 0.4) is 0 Å². The number of benzene rings is 1. The third-order valence-corrected chi connectivity index (χ3v) is 4.27. The standard InChI is InChI=1S/C16H21N3O/c17-14-6-3-5-13(14)16(20)18-9-8-11-10-19-15-7-2-1-4-12(11)15/h1-2,4,7,10,13-14,19H,3,5-6,8-9,17H2,(H,18,20). The average molecular weight is 271 g/mol. The number of aromatic amines is 1. The first kappa shape index (κ1) is 13.2. The molecular formula is C16H21N3O. The van der Waals surface area contributed by atoms with E-state index in [9.17, 15) is 4.79 Å². The number of amides is 1. The highest BCUT2D eigenvalue weighted by atomic mass is 16.1. The van der Waals surface area contributed by atoms with Gasteiger partial charge in [-0.2, -0.15) is 0 Å². The molecule has 1 aromatic heterocycles. The van der Waals surface area contributed by atoms with Crippen LogP contribution in [0.15, 0.2) is 30.5 Å². The van der Waals surface area contributed by atoms with Crippen molar-refractivity contribution in [1.82, 2.24) is 10.3 Å². The topological polar surface area (TPSA) is 70.9 Å². The zero-order chi connectivity index (χ0) is 13.9. The number of hydrogen-bond donors (Lipinski definition) is 3. The second-order valence-electron chi connectivity index (χ2n) is 5.60. The van der Waals surface area contributed by atoms with Crippen LogP contribution in [-0.4, -0.2) is 23.5 Å². The van der Waals surface area contributed by atoms with Crippen LogP contribution in [0.5, 0.6) is 0 Å². The Bertz CT molecular complexity index is 605. The summed E-state index contributed by atoms with van der Waals surface area (Å²) < 4.78 is 0. The number of para-hydroxylation sites is 1. The van der Waals surface area contributed by atoms with E-state index in [0.29, 0.717) is 6.54 Å². The van der Waals surface area contributed by atoms with Crippen LogP contribution in [0.2, 0.25) is 0 Å². The summed E-state index contributed by atoms with van der Waals surface area (Å²) >= 11 is 0. The number of fused-ring (bicyclic) bond motifs is 1. The third kappa shape index (κ3) is 2.56. The van der Waals surface area contributed by atoms with Gasteiger partial charge in [-0.05, 0) is 30.9 Å². The van der Waals surface area contributed by atoms with Gasteiger partial charge in [-0.1, -0.05) is 24.6 Å². The summed E-state index contributed by atoms with van der Waals surface area (Å²) in [6, 6.07) is 8.27. The highest BCUT2D eigenvalue weighted by molar-refractivity contribution is 5.83. The number of rotatable bonds is 4. The van der Waals surface area contributed by atoms with Crippen molar-refractivity contribution in [2.75, 3.05) is 6.54 Å². The van der Waals surface area contributed by atoms with E-state index in [1.165, 1.54) is 10.9 Å². The Labute approximate surface area is 118 Å². The van der Waals surface area contributed by atoms with Crippen LogP contribution in [0.1, 0.15) is 24.8 Å². The van der Waals surface area contributed by atoms with Crippen LogP contribution in [-0.2, 0) is 11.2 Å². The number of hydrogen-bond acceptors (Lipinski definition) is 2. The van der Waals surface area contributed by atoms with Crippen molar-refractivity contribution in [3.8, 4) is 0 Å². The zero-order valence-electron chi connectivity index (χ0n) is 11.6. The van der Waals surface area contributed by atoms with Crippen molar-refractivity contribution in [2.24, 2.45) is 11.7 Å². The first-order valence-electron chi connectivity index (χ1n) is 7.34. The molecule has 0 bridgehead atoms. The lowest BCUT2D eigenvalue weighted by Gasteiger charge is -2.14. The van der Waals surface area contributed by atoms with E-state index in [1.54, 1.807) is 0 Å². The molecule has 1 aromatic carbocycles. The lowest BCUT2D eigenvalue weighted by molar-refractivity contribution is -0.125. The Balaban J connectivity index is 1.56. The highest BCUT2D eigenvalue weighted by Crippen LogP contribution is 2.24. The second-order valence-corrected chi connectivity index (χ2v) is 5.60. The summed E-state index contributed by atoms with van der Waals surface area (Å²) in [5.74, 6) is 0.132. The van der Waals surface area contributed by atoms with Gasteiger partial charge in [-0.25, -0.2) is 0 Å². The van der Waals surface area contributed by atoms with Crippen LogP contribution in [0.25, 0.3) is 10.9 Å². The van der Waals surface area contributed by atoms with Crippen molar-refractivity contribution < 1.29 is 4.79 Å². The molecule has 1 aliphatic rings. The maximum Gasteiger partial charge on any atom is 0.224 e. The summed E-state index contributed by atoms with van der Waals surface area (Å²) in [5, 5.41) is 4.26. The van der Waals surface area contributed by atoms with Crippen molar-refractivity contribution in [3.63, 3.8) is 0 Å². The van der Waals surface area contributed by atoms with Gasteiger partial charge in [0.05, 0.1) is 5.92 Å². The first-order valence-corrected chi connectivity index (χ1v) is 7.34. The van der Waals surface area contributed by atoms with E-state index in [0.717, 1.165) is 31.2 Å². The summed E-state index contributed by atoms with van der Waals surface area (Å²) in [6.07, 6.45) is 5.85. The van der Waals surface area contributed by atoms with Gasteiger partial charge >= 0.3 is 0 Å². The molecule has 2 unspecified atom stereocenters. The Morgan fingerprint density at radius 3 is 3.00 bits per heavy atom. The van der Waals surface area contributed by atoms with Crippen LogP contribution < -0.4 is 11.1 Å². The van der Waals surface area contributed by atoms with E-state index in [2.05, 4.69) is 22.4 Å². The Morgan fingerprint density at radius 2 is 2.20 bits per heavy atom. The molecule has 1 fully saturated rings. The maximum atomic E-state index is 12.0. The van der Waals surface area contributed by atoms with E-state index in [1.807, 2.05) is 18.3 Å². The predicted molar refractivity (Wildman–Crippen MR) is 80.3 cm³/mol.